The zero-order valence-corrected chi connectivity index (χ0v) is 16.8. The molecule has 2 aromatic rings. The van der Waals surface area contributed by atoms with Crippen molar-refractivity contribution in [3.63, 3.8) is 0 Å². The lowest BCUT2D eigenvalue weighted by Crippen LogP contribution is -2.37. The van der Waals surface area contributed by atoms with Crippen LogP contribution in [0.25, 0.3) is 10.9 Å². The van der Waals surface area contributed by atoms with Crippen molar-refractivity contribution in [2.45, 2.75) is 43.9 Å². The molecule has 4 rings (SSSR count). The first-order valence-corrected chi connectivity index (χ1v) is 9.94. The topological polar surface area (TPSA) is 119 Å². The summed E-state index contributed by atoms with van der Waals surface area (Å²) in [5.41, 5.74) is 9.82. The van der Waals surface area contributed by atoms with Crippen LogP contribution in [0, 0.1) is 11.7 Å². The molecular weight excluding hydrogens is 422 g/mol. The van der Waals surface area contributed by atoms with E-state index in [9.17, 15) is 22.8 Å². The largest absolute Gasteiger partial charge is 0.492 e. The van der Waals surface area contributed by atoms with E-state index in [4.69, 9.17) is 16.2 Å². The third kappa shape index (κ3) is 3.73. The summed E-state index contributed by atoms with van der Waals surface area (Å²) in [6, 6.07) is -1.31. The third-order valence-corrected chi connectivity index (χ3v) is 6.02. The summed E-state index contributed by atoms with van der Waals surface area (Å²) < 4.78 is 60.4. The average Bonchev–Trinajstić information content (AvgIpc) is 3.37. The van der Waals surface area contributed by atoms with Gasteiger partial charge >= 0.3 is 11.9 Å². The number of fused-ring (bicyclic) bond motifs is 1. The molecule has 0 spiro atoms. The van der Waals surface area contributed by atoms with E-state index in [0.29, 0.717) is 19.3 Å². The summed E-state index contributed by atoms with van der Waals surface area (Å²) in [6.45, 7) is 0.289. The van der Waals surface area contributed by atoms with E-state index >= 15 is 4.39 Å². The Hall–Kier alpha value is -2.76. The second-order valence-electron chi connectivity index (χ2n) is 8.17. The molecule has 0 amide bonds. The van der Waals surface area contributed by atoms with E-state index in [1.54, 1.807) is 0 Å². The molecule has 0 bridgehead atoms. The number of halogens is 4. The Morgan fingerprint density at radius 1 is 1.26 bits per heavy atom. The molecule has 8 nitrogen and oxygen atoms in total. The van der Waals surface area contributed by atoms with Crippen LogP contribution in [0.3, 0.4) is 0 Å². The quantitative estimate of drug-likeness (QED) is 0.478. The summed E-state index contributed by atoms with van der Waals surface area (Å²) >= 11 is 0. The highest BCUT2D eigenvalue weighted by atomic mass is 19.4. The van der Waals surface area contributed by atoms with Crippen molar-refractivity contribution < 1.29 is 22.3 Å². The number of ether oxygens (including phenoxy) is 1. The zero-order valence-electron chi connectivity index (χ0n) is 16.8. The normalized spacial score (nSPS) is 20.5. The molecule has 1 aromatic carbocycles. The SMILES string of the molecule is COc1c(N2CCC(C(N)CC(F)(F)F)C2)c(F)c(N)c2c(=O)[nH]c(=O)n(C3CC3)c12. The Morgan fingerprint density at radius 2 is 1.94 bits per heavy atom. The number of nitrogens with zero attached hydrogens (tertiary/aromatic N) is 2. The van der Waals surface area contributed by atoms with Crippen molar-refractivity contribution in [1.82, 2.24) is 9.55 Å². The smallest absolute Gasteiger partial charge is 0.390 e. The molecule has 2 heterocycles. The molecule has 2 atom stereocenters. The summed E-state index contributed by atoms with van der Waals surface area (Å²) in [5.74, 6) is -1.48. The molecule has 170 valence electrons. The number of alkyl halides is 3. The Bertz CT molecular complexity index is 1140. The van der Waals surface area contributed by atoms with Crippen molar-refractivity contribution in [1.29, 1.82) is 0 Å². The number of H-pyrrole nitrogens is 1. The van der Waals surface area contributed by atoms with Crippen LogP contribution < -0.4 is 32.4 Å². The predicted octanol–water partition coefficient (Wildman–Crippen LogP) is 1.86. The highest BCUT2D eigenvalue weighted by Gasteiger charge is 2.39. The van der Waals surface area contributed by atoms with Crippen molar-refractivity contribution in [3.8, 4) is 5.75 Å². The molecule has 2 fully saturated rings. The molecule has 2 unspecified atom stereocenters. The van der Waals surface area contributed by atoms with Crippen LogP contribution in [0.4, 0.5) is 28.9 Å². The zero-order chi connectivity index (χ0) is 22.7. The van der Waals surface area contributed by atoms with Crippen LogP contribution in [0.5, 0.6) is 5.75 Å². The van der Waals surface area contributed by atoms with Gasteiger partial charge in [-0.15, -0.1) is 0 Å². The van der Waals surface area contributed by atoms with Crippen molar-refractivity contribution >= 4 is 22.3 Å². The first kappa shape index (κ1) is 21.5. The van der Waals surface area contributed by atoms with E-state index in [2.05, 4.69) is 4.98 Å². The molecule has 1 saturated carbocycles. The van der Waals surface area contributed by atoms with Gasteiger partial charge in [-0.2, -0.15) is 13.2 Å². The van der Waals surface area contributed by atoms with Crippen LogP contribution in [0.1, 0.15) is 31.7 Å². The maximum Gasteiger partial charge on any atom is 0.390 e. The van der Waals surface area contributed by atoms with Gasteiger partial charge in [0.1, 0.15) is 11.2 Å². The van der Waals surface area contributed by atoms with E-state index in [1.165, 1.54) is 16.6 Å². The minimum absolute atomic E-state index is 0.0400. The van der Waals surface area contributed by atoms with Crippen molar-refractivity contribution in [2.75, 3.05) is 30.8 Å². The number of nitrogens with one attached hydrogen (secondary N) is 1. The number of nitrogens with two attached hydrogens (primary N) is 2. The van der Waals surface area contributed by atoms with Gasteiger partial charge in [0.05, 0.1) is 24.6 Å². The second kappa shape index (κ2) is 7.43. The maximum absolute atomic E-state index is 15.4. The lowest BCUT2D eigenvalue weighted by Gasteiger charge is -2.26. The molecule has 1 aromatic heterocycles. The first-order valence-electron chi connectivity index (χ1n) is 9.94. The summed E-state index contributed by atoms with van der Waals surface area (Å²) in [4.78, 5) is 28.6. The van der Waals surface area contributed by atoms with E-state index in [-0.39, 0.29) is 41.5 Å². The number of methoxy groups -OCH3 is 1. The number of anilines is 2. The molecule has 31 heavy (non-hydrogen) atoms. The molecule has 1 aliphatic carbocycles. The van der Waals surface area contributed by atoms with Crippen molar-refractivity contribution in [3.05, 3.63) is 26.7 Å². The number of nitrogen functional groups attached to an aromatic ring is 1. The number of hydrogen-bond acceptors (Lipinski definition) is 6. The number of hydrogen-bond donors (Lipinski definition) is 3. The van der Waals surface area contributed by atoms with Crippen LogP contribution in [0.15, 0.2) is 9.59 Å². The van der Waals surface area contributed by atoms with Gasteiger partial charge in [-0.1, -0.05) is 0 Å². The Morgan fingerprint density at radius 3 is 2.52 bits per heavy atom. The van der Waals surface area contributed by atoms with E-state index < -0.39 is 47.3 Å². The van der Waals surface area contributed by atoms with Gasteiger partial charge in [0.25, 0.3) is 5.56 Å². The fraction of sp³-hybridized carbons (Fsp3) is 0.579. The highest BCUT2D eigenvalue weighted by molar-refractivity contribution is 5.99. The summed E-state index contributed by atoms with van der Waals surface area (Å²) in [6.07, 6.45) is -3.81. The highest BCUT2D eigenvalue weighted by Crippen LogP contribution is 2.46. The maximum atomic E-state index is 15.4. The van der Waals surface area contributed by atoms with Gasteiger partial charge in [0, 0.05) is 25.2 Å². The number of aromatic nitrogens is 2. The van der Waals surface area contributed by atoms with Crippen LogP contribution in [-0.4, -0.2) is 42.0 Å². The third-order valence-electron chi connectivity index (χ3n) is 6.02. The second-order valence-corrected chi connectivity index (χ2v) is 8.17. The van der Waals surface area contributed by atoms with Gasteiger partial charge < -0.3 is 21.1 Å². The molecule has 0 radical (unpaired) electrons. The molecule has 1 saturated heterocycles. The molecular formula is C19H23F4N5O3. The van der Waals surface area contributed by atoms with E-state index in [0.717, 1.165) is 0 Å². The Balaban J connectivity index is 1.84. The molecule has 12 heteroatoms. The van der Waals surface area contributed by atoms with Crippen LogP contribution in [-0.2, 0) is 0 Å². The standard InChI is InChI=1S/C19H23F4N5O3/c1-31-16-14-11(17(29)26-18(30)28(14)9-2-3-9)13(25)12(20)15(16)27-5-4-8(7-27)10(24)6-19(21,22)23/h8-10H,2-7,24-25H2,1H3,(H,26,29,30). The first-order chi connectivity index (χ1) is 14.5. The van der Waals surface area contributed by atoms with E-state index in [1.807, 2.05) is 0 Å². The summed E-state index contributed by atoms with van der Waals surface area (Å²) in [7, 11) is 1.28. The minimum Gasteiger partial charge on any atom is -0.492 e. The van der Waals surface area contributed by atoms with Crippen molar-refractivity contribution in [2.24, 2.45) is 11.7 Å². The van der Waals surface area contributed by atoms with Gasteiger partial charge in [-0.05, 0) is 25.2 Å². The van der Waals surface area contributed by atoms with Crippen LogP contribution >= 0.6 is 0 Å². The number of benzene rings is 1. The Labute approximate surface area is 173 Å². The molecule has 5 N–H and O–H groups in total. The lowest BCUT2D eigenvalue weighted by atomic mass is 9.97. The lowest BCUT2D eigenvalue weighted by molar-refractivity contribution is -0.140. The number of aromatic amines is 1. The molecule has 2 aliphatic rings. The fourth-order valence-electron chi connectivity index (χ4n) is 4.40. The Kier molecular flexibility index (Phi) is 5.15. The average molecular weight is 445 g/mol. The van der Waals surface area contributed by atoms with Gasteiger partial charge in [-0.25, -0.2) is 9.18 Å². The summed E-state index contributed by atoms with van der Waals surface area (Å²) in [5, 5.41) is -0.186. The fourth-order valence-corrected chi connectivity index (χ4v) is 4.40. The minimum atomic E-state index is -4.40. The van der Waals surface area contributed by atoms with Gasteiger partial charge in [0.2, 0.25) is 0 Å². The monoisotopic (exact) mass is 445 g/mol. The predicted molar refractivity (Wildman–Crippen MR) is 107 cm³/mol. The number of rotatable bonds is 5. The van der Waals surface area contributed by atoms with Crippen LogP contribution in [0.2, 0.25) is 0 Å². The van der Waals surface area contributed by atoms with Gasteiger partial charge in [0.15, 0.2) is 11.6 Å². The van der Waals surface area contributed by atoms with Gasteiger partial charge in [-0.3, -0.25) is 14.3 Å². The molecule has 1 aliphatic heterocycles.